The average molecular weight is 235 g/mol. The van der Waals surface area contributed by atoms with Crippen LogP contribution in [0.1, 0.15) is 37.8 Å². The van der Waals surface area contributed by atoms with E-state index in [1.807, 2.05) is 19.1 Å². The van der Waals surface area contributed by atoms with E-state index < -0.39 is 0 Å². The van der Waals surface area contributed by atoms with Crippen molar-refractivity contribution < 1.29 is 4.39 Å². The number of benzene rings is 1. The Kier molecular flexibility index (Phi) is 3.82. The molecule has 2 heteroatoms. The van der Waals surface area contributed by atoms with Gasteiger partial charge in [0.25, 0.3) is 0 Å². The smallest absolute Gasteiger partial charge is 0.126 e. The molecule has 1 aliphatic carbocycles. The van der Waals surface area contributed by atoms with Crippen LogP contribution in [-0.4, -0.2) is 6.04 Å². The number of rotatable bonds is 3. The zero-order valence-electron chi connectivity index (χ0n) is 11.0. The van der Waals surface area contributed by atoms with E-state index in [0.717, 1.165) is 23.9 Å². The van der Waals surface area contributed by atoms with E-state index >= 15 is 0 Å². The number of aryl methyl sites for hydroxylation is 1. The first-order valence-corrected chi connectivity index (χ1v) is 6.56. The Labute approximate surface area is 103 Å². The molecule has 1 saturated carbocycles. The molecule has 0 bridgehead atoms. The third-order valence-electron chi connectivity index (χ3n) is 4.26. The fraction of sp³-hybridized carbons (Fsp3) is 0.600. The highest BCUT2D eigenvalue weighted by molar-refractivity contribution is 5.23. The summed E-state index contributed by atoms with van der Waals surface area (Å²) in [6.45, 7) is 7.32. The van der Waals surface area contributed by atoms with Crippen LogP contribution < -0.4 is 5.32 Å². The summed E-state index contributed by atoms with van der Waals surface area (Å²) in [4.78, 5) is 0. The second kappa shape index (κ2) is 5.18. The minimum Gasteiger partial charge on any atom is -0.310 e. The Morgan fingerprint density at radius 1 is 1.29 bits per heavy atom. The van der Waals surface area contributed by atoms with E-state index in [-0.39, 0.29) is 5.82 Å². The van der Waals surface area contributed by atoms with Crippen molar-refractivity contribution in [1.82, 2.24) is 5.32 Å². The van der Waals surface area contributed by atoms with E-state index in [0.29, 0.717) is 6.04 Å². The molecule has 94 valence electrons. The molecule has 3 atom stereocenters. The lowest BCUT2D eigenvalue weighted by molar-refractivity contribution is 0.370. The number of hydrogen-bond acceptors (Lipinski definition) is 1. The molecule has 0 saturated heterocycles. The highest BCUT2D eigenvalue weighted by Gasteiger charge is 2.28. The van der Waals surface area contributed by atoms with Crippen molar-refractivity contribution in [2.45, 2.75) is 46.2 Å². The minimum absolute atomic E-state index is 0.114. The summed E-state index contributed by atoms with van der Waals surface area (Å²) in [7, 11) is 0. The van der Waals surface area contributed by atoms with E-state index in [1.54, 1.807) is 6.07 Å². The van der Waals surface area contributed by atoms with Crippen molar-refractivity contribution in [3.8, 4) is 0 Å². The summed E-state index contributed by atoms with van der Waals surface area (Å²) < 4.78 is 13.1. The molecule has 3 unspecified atom stereocenters. The average Bonchev–Trinajstić information content (AvgIpc) is 2.62. The Hall–Kier alpha value is -0.890. The summed E-state index contributed by atoms with van der Waals surface area (Å²) in [5, 5.41) is 3.60. The summed E-state index contributed by atoms with van der Waals surface area (Å²) in [5.74, 6) is 1.45. The van der Waals surface area contributed by atoms with Crippen LogP contribution in [0.3, 0.4) is 0 Å². The van der Waals surface area contributed by atoms with Crippen LogP contribution in [-0.2, 0) is 6.54 Å². The van der Waals surface area contributed by atoms with Gasteiger partial charge < -0.3 is 5.32 Å². The Morgan fingerprint density at radius 3 is 2.65 bits per heavy atom. The fourth-order valence-corrected chi connectivity index (χ4v) is 2.72. The first-order chi connectivity index (χ1) is 8.08. The first-order valence-electron chi connectivity index (χ1n) is 6.56. The number of nitrogens with one attached hydrogen (secondary N) is 1. The molecule has 0 heterocycles. The molecule has 1 fully saturated rings. The summed E-state index contributed by atoms with van der Waals surface area (Å²) in [5.41, 5.74) is 1.91. The molecule has 1 nitrogen and oxygen atoms in total. The lowest BCUT2D eigenvalue weighted by Gasteiger charge is -2.19. The van der Waals surface area contributed by atoms with Gasteiger partial charge in [0.05, 0.1) is 0 Å². The summed E-state index contributed by atoms with van der Waals surface area (Å²) in [6, 6.07) is 5.99. The molecule has 1 N–H and O–H groups in total. The zero-order valence-corrected chi connectivity index (χ0v) is 11.0. The second-order valence-corrected chi connectivity index (χ2v) is 5.48. The maximum absolute atomic E-state index is 13.1. The van der Waals surface area contributed by atoms with Crippen LogP contribution in [0.15, 0.2) is 18.2 Å². The predicted octanol–water partition coefficient (Wildman–Crippen LogP) is 3.66. The molecular weight excluding hydrogens is 213 g/mol. The maximum Gasteiger partial charge on any atom is 0.126 e. The van der Waals surface area contributed by atoms with Gasteiger partial charge in [0.15, 0.2) is 0 Å². The molecule has 0 aromatic heterocycles. The molecule has 0 radical (unpaired) electrons. The standard InChI is InChI=1S/C15H22FN/c1-10-4-7-15(12(10)3)17-9-13-5-6-14(16)11(2)8-13/h5-6,8,10,12,15,17H,4,7,9H2,1-3H3. The lowest BCUT2D eigenvalue weighted by atomic mass is 9.97. The van der Waals surface area contributed by atoms with Crippen molar-refractivity contribution in [3.05, 3.63) is 35.1 Å². The van der Waals surface area contributed by atoms with E-state index in [2.05, 4.69) is 19.2 Å². The fourth-order valence-electron chi connectivity index (χ4n) is 2.72. The highest BCUT2D eigenvalue weighted by atomic mass is 19.1. The summed E-state index contributed by atoms with van der Waals surface area (Å²) >= 11 is 0. The monoisotopic (exact) mass is 235 g/mol. The van der Waals surface area contributed by atoms with E-state index in [9.17, 15) is 4.39 Å². The Bertz CT molecular complexity index is 389. The molecule has 0 spiro atoms. The van der Waals surface area contributed by atoms with Crippen LogP contribution in [0, 0.1) is 24.6 Å². The third-order valence-corrected chi connectivity index (χ3v) is 4.26. The molecule has 17 heavy (non-hydrogen) atoms. The van der Waals surface area contributed by atoms with Gasteiger partial charge >= 0.3 is 0 Å². The lowest BCUT2D eigenvalue weighted by Crippen LogP contribution is -2.31. The zero-order chi connectivity index (χ0) is 12.4. The van der Waals surface area contributed by atoms with Crippen molar-refractivity contribution in [2.24, 2.45) is 11.8 Å². The predicted molar refractivity (Wildman–Crippen MR) is 69.3 cm³/mol. The van der Waals surface area contributed by atoms with Gasteiger partial charge in [-0.1, -0.05) is 26.0 Å². The first kappa shape index (κ1) is 12.6. The topological polar surface area (TPSA) is 12.0 Å². The van der Waals surface area contributed by atoms with Crippen LogP contribution in [0.2, 0.25) is 0 Å². The Morgan fingerprint density at radius 2 is 2.06 bits per heavy atom. The molecule has 1 aromatic rings. The molecule has 1 aliphatic rings. The Balaban J connectivity index is 1.92. The van der Waals surface area contributed by atoms with E-state index in [4.69, 9.17) is 0 Å². The van der Waals surface area contributed by atoms with Crippen LogP contribution in [0.4, 0.5) is 4.39 Å². The van der Waals surface area contributed by atoms with Gasteiger partial charge in [-0.3, -0.25) is 0 Å². The van der Waals surface area contributed by atoms with Gasteiger partial charge in [-0.25, -0.2) is 4.39 Å². The largest absolute Gasteiger partial charge is 0.310 e. The second-order valence-electron chi connectivity index (χ2n) is 5.48. The van der Waals surface area contributed by atoms with E-state index in [1.165, 1.54) is 18.4 Å². The molecule has 2 rings (SSSR count). The van der Waals surface area contributed by atoms with Gasteiger partial charge in [-0.05, 0) is 48.8 Å². The summed E-state index contributed by atoms with van der Waals surface area (Å²) in [6.07, 6.45) is 2.59. The normalized spacial score (nSPS) is 28.6. The van der Waals surface area contributed by atoms with Gasteiger partial charge in [-0.2, -0.15) is 0 Å². The van der Waals surface area contributed by atoms with Crippen LogP contribution >= 0.6 is 0 Å². The molecule has 0 aliphatic heterocycles. The molecule has 1 aromatic carbocycles. The van der Waals surface area contributed by atoms with Gasteiger partial charge in [0.1, 0.15) is 5.82 Å². The van der Waals surface area contributed by atoms with Crippen molar-refractivity contribution in [1.29, 1.82) is 0 Å². The SMILES string of the molecule is Cc1cc(CNC2CCC(C)C2C)ccc1F. The highest BCUT2D eigenvalue weighted by Crippen LogP contribution is 2.31. The number of halogens is 1. The van der Waals surface area contributed by atoms with Crippen molar-refractivity contribution >= 4 is 0 Å². The van der Waals surface area contributed by atoms with Gasteiger partial charge in [0.2, 0.25) is 0 Å². The molecular formula is C15H22FN. The quantitative estimate of drug-likeness (QED) is 0.843. The van der Waals surface area contributed by atoms with Crippen LogP contribution in [0.5, 0.6) is 0 Å². The van der Waals surface area contributed by atoms with Crippen molar-refractivity contribution in [2.75, 3.05) is 0 Å². The van der Waals surface area contributed by atoms with Gasteiger partial charge in [0, 0.05) is 12.6 Å². The van der Waals surface area contributed by atoms with Crippen LogP contribution in [0.25, 0.3) is 0 Å². The van der Waals surface area contributed by atoms with Gasteiger partial charge in [-0.15, -0.1) is 0 Å². The maximum atomic E-state index is 13.1. The number of hydrogen-bond donors (Lipinski definition) is 1. The third kappa shape index (κ3) is 2.86. The van der Waals surface area contributed by atoms with Crippen molar-refractivity contribution in [3.63, 3.8) is 0 Å². The minimum atomic E-state index is -0.114. The molecule has 0 amide bonds.